The topological polar surface area (TPSA) is 12.2 Å². The van der Waals surface area contributed by atoms with Gasteiger partial charge >= 0.3 is 0 Å². The predicted octanol–water partition coefficient (Wildman–Crippen LogP) is 5.62. The van der Waals surface area contributed by atoms with Crippen LogP contribution in [-0.2, 0) is 4.74 Å². The second-order valence-corrected chi connectivity index (χ2v) is 7.20. The summed E-state index contributed by atoms with van der Waals surface area (Å²) in [6, 6.07) is 20.5. The highest BCUT2D eigenvalue weighted by Crippen LogP contribution is 2.35. The lowest BCUT2D eigenvalue weighted by atomic mass is 9.92. The largest absolute Gasteiger partial charge is 0.456 e. The fraction of sp³-hybridized carbons (Fsp3) is 0.115. The molecule has 0 amide bonds. The molecule has 0 spiro atoms. The van der Waals surface area contributed by atoms with Crippen molar-refractivity contribution in [2.75, 3.05) is 14.1 Å². The number of nitrogens with zero attached hydrogens (tertiary/aromatic N) is 1. The SMILES string of the molecule is CC1=CC(=[N+](C)C)C=CC1=C1C=C(c2ccccc2)OC(c2ccccc2)=C1. The first-order chi connectivity index (χ1) is 13.6. The number of ether oxygens (including phenoxy) is 1. The van der Waals surface area contributed by atoms with Crippen molar-refractivity contribution in [1.29, 1.82) is 0 Å². The van der Waals surface area contributed by atoms with Crippen LogP contribution in [0.5, 0.6) is 0 Å². The van der Waals surface area contributed by atoms with Gasteiger partial charge in [0.15, 0.2) is 5.71 Å². The van der Waals surface area contributed by atoms with Gasteiger partial charge in [0.25, 0.3) is 0 Å². The van der Waals surface area contributed by atoms with Crippen LogP contribution in [0.25, 0.3) is 11.5 Å². The molecule has 138 valence electrons. The van der Waals surface area contributed by atoms with Gasteiger partial charge in [-0.2, -0.15) is 0 Å². The summed E-state index contributed by atoms with van der Waals surface area (Å²) in [6.45, 7) is 2.16. The van der Waals surface area contributed by atoms with Crippen LogP contribution in [0.1, 0.15) is 18.1 Å². The minimum absolute atomic E-state index is 0.869. The summed E-state index contributed by atoms with van der Waals surface area (Å²) >= 11 is 0. The number of hydrogen-bond donors (Lipinski definition) is 0. The first-order valence-corrected chi connectivity index (χ1v) is 9.49. The van der Waals surface area contributed by atoms with Crippen LogP contribution >= 0.6 is 0 Å². The van der Waals surface area contributed by atoms with Crippen LogP contribution in [-0.4, -0.2) is 24.4 Å². The highest BCUT2D eigenvalue weighted by molar-refractivity contribution is 6.03. The zero-order valence-electron chi connectivity index (χ0n) is 16.5. The summed E-state index contributed by atoms with van der Waals surface area (Å²) in [7, 11) is 4.13. The molecule has 2 aromatic carbocycles. The van der Waals surface area contributed by atoms with Gasteiger partial charge in [-0.3, -0.25) is 0 Å². The fourth-order valence-corrected chi connectivity index (χ4v) is 3.40. The molecule has 1 aliphatic carbocycles. The van der Waals surface area contributed by atoms with E-state index in [2.05, 4.69) is 80.2 Å². The highest BCUT2D eigenvalue weighted by atomic mass is 16.5. The molecule has 1 heterocycles. The summed E-state index contributed by atoms with van der Waals surface area (Å²) in [5, 5.41) is 0. The van der Waals surface area contributed by atoms with Crippen molar-refractivity contribution >= 4 is 17.2 Å². The maximum Gasteiger partial charge on any atom is 0.199 e. The van der Waals surface area contributed by atoms with E-state index < -0.39 is 0 Å². The molecule has 2 aromatic rings. The molecule has 2 nitrogen and oxygen atoms in total. The van der Waals surface area contributed by atoms with E-state index in [9.17, 15) is 0 Å². The average Bonchev–Trinajstić information content (AvgIpc) is 2.74. The molecule has 0 radical (unpaired) electrons. The molecule has 0 saturated carbocycles. The van der Waals surface area contributed by atoms with Crippen LogP contribution in [0.3, 0.4) is 0 Å². The monoisotopic (exact) mass is 366 g/mol. The van der Waals surface area contributed by atoms with Gasteiger partial charge in [-0.15, -0.1) is 0 Å². The van der Waals surface area contributed by atoms with Gasteiger partial charge in [0.05, 0.1) is 0 Å². The minimum atomic E-state index is 0.869. The van der Waals surface area contributed by atoms with Crippen molar-refractivity contribution in [3.63, 3.8) is 0 Å². The Morgan fingerprint density at radius 2 is 1.21 bits per heavy atom. The van der Waals surface area contributed by atoms with E-state index in [1.165, 1.54) is 16.9 Å². The number of hydrogen-bond acceptors (Lipinski definition) is 1. The minimum Gasteiger partial charge on any atom is -0.456 e. The Morgan fingerprint density at radius 1 is 0.679 bits per heavy atom. The van der Waals surface area contributed by atoms with Crippen molar-refractivity contribution in [1.82, 2.24) is 0 Å². The third-order valence-corrected chi connectivity index (χ3v) is 4.95. The molecule has 28 heavy (non-hydrogen) atoms. The predicted molar refractivity (Wildman–Crippen MR) is 117 cm³/mol. The molecule has 2 aliphatic rings. The van der Waals surface area contributed by atoms with E-state index in [1.807, 2.05) is 36.4 Å². The lowest BCUT2D eigenvalue weighted by Crippen LogP contribution is -2.12. The molecular weight excluding hydrogens is 342 g/mol. The molecule has 0 unspecified atom stereocenters. The van der Waals surface area contributed by atoms with Gasteiger partial charge in [-0.05, 0) is 41.9 Å². The van der Waals surface area contributed by atoms with Gasteiger partial charge in [-0.1, -0.05) is 60.7 Å². The second-order valence-electron chi connectivity index (χ2n) is 7.20. The Bertz CT molecular complexity index is 1020. The van der Waals surface area contributed by atoms with Crippen LogP contribution in [0, 0.1) is 0 Å². The van der Waals surface area contributed by atoms with Crippen molar-refractivity contribution in [2.45, 2.75) is 6.92 Å². The summed E-state index contributed by atoms with van der Waals surface area (Å²) in [5.41, 5.74) is 6.97. The molecule has 4 rings (SSSR count). The van der Waals surface area contributed by atoms with Gasteiger partial charge in [0.1, 0.15) is 25.6 Å². The second kappa shape index (κ2) is 7.69. The number of benzene rings is 2. The van der Waals surface area contributed by atoms with Crippen molar-refractivity contribution in [3.8, 4) is 0 Å². The molecular formula is C26H24NO+. The van der Waals surface area contributed by atoms with E-state index in [0.29, 0.717) is 0 Å². The lowest BCUT2D eigenvalue weighted by Gasteiger charge is -2.21. The van der Waals surface area contributed by atoms with E-state index in [1.54, 1.807) is 0 Å². The molecule has 0 aromatic heterocycles. The molecule has 0 N–H and O–H groups in total. The molecule has 2 heteroatoms. The van der Waals surface area contributed by atoms with Gasteiger partial charge in [0.2, 0.25) is 0 Å². The third-order valence-electron chi connectivity index (χ3n) is 4.95. The van der Waals surface area contributed by atoms with Gasteiger partial charge in [0, 0.05) is 23.3 Å². The molecule has 0 atom stereocenters. The van der Waals surface area contributed by atoms with E-state index in [4.69, 9.17) is 4.74 Å². The summed E-state index contributed by atoms with van der Waals surface area (Å²) < 4.78 is 8.43. The normalized spacial score (nSPS) is 16.2. The zero-order valence-corrected chi connectivity index (χ0v) is 16.5. The maximum absolute atomic E-state index is 6.31. The Hall–Kier alpha value is -3.39. The molecule has 1 aliphatic heterocycles. The first kappa shape index (κ1) is 18.0. The highest BCUT2D eigenvalue weighted by Gasteiger charge is 2.19. The van der Waals surface area contributed by atoms with Crippen molar-refractivity contribution in [2.24, 2.45) is 0 Å². The summed E-state index contributed by atoms with van der Waals surface area (Å²) in [6.07, 6.45) is 10.9. The smallest absolute Gasteiger partial charge is 0.199 e. The van der Waals surface area contributed by atoms with E-state index in [-0.39, 0.29) is 0 Å². The number of allylic oxidation sites excluding steroid dienone is 8. The Kier molecular flexibility index (Phi) is 4.94. The fourth-order valence-electron chi connectivity index (χ4n) is 3.40. The van der Waals surface area contributed by atoms with Crippen LogP contribution in [0.2, 0.25) is 0 Å². The average molecular weight is 366 g/mol. The standard InChI is InChI=1S/C26H24NO/c1-19-16-23(27(2)3)14-15-24(19)22-17-25(20-10-6-4-7-11-20)28-26(18-22)21-12-8-5-9-13-21/h4-18H,1-3H3/q+1. The van der Waals surface area contributed by atoms with Crippen molar-refractivity contribution < 1.29 is 9.31 Å². The van der Waals surface area contributed by atoms with Gasteiger partial charge < -0.3 is 4.74 Å². The van der Waals surface area contributed by atoms with Gasteiger partial charge in [-0.25, -0.2) is 4.58 Å². The third kappa shape index (κ3) is 3.67. The molecule has 0 saturated heterocycles. The Morgan fingerprint density at radius 3 is 1.68 bits per heavy atom. The quantitative estimate of drug-likeness (QED) is 0.628. The first-order valence-electron chi connectivity index (χ1n) is 9.49. The number of rotatable bonds is 2. The molecule has 0 fully saturated rings. The van der Waals surface area contributed by atoms with E-state index in [0.717, 1.165) is 28.2 Å². The maximum atomic E-state index is 6.31. The molecule has 0 bridgehead atoms. The Labute approximate surface area is 166 Å². The summed E-state index contributed by atoms with van der Waals surface area (Å²) in [4.78, 5) is 0. The van der Waals surface area contributed by atoms with Crippen LogP contribution < -0.4 is 0 Å². The van der Waals surface area contributed by atoms with E-state index >= 15 is 0 Å². The zero-order chi connectivity index (χ0) is 19.5. The van der Waals surface area contributed by atoms with Crippen LogP contribution in [0.4, 0.5) is 0 Å². The van der Waals surface area contributed by atoms with Crippen LogP contribution in [0.15, 0.2) is 108 Å². The Balaban J connectivity index is 1.86. The van der Waals surface area contributed by atoms with Crippen molar-refractivity contribution in [3.05, 3.63) is 119 Å². The summed E-state index contributed by atoms with van der Waals surface area (Å²) in [5.74, 6) is 1.74. The lowest BCUT2D eigenvalue weighted by molar-refractivity contribution is -0.462.